The zero-order chi connectivity index (χ0) is 17.9. The summed E-state index contributed by atoms with van der Waals surface area (Å²) in [5.41, 5.74) is 1.27. The van der Waals surface area contributed by atoms with Crippen LogP contribution < -0.4 is 0 Å². The molecule has 0 radical (unpaired) electrons. The number of hydrogen-bond acceptors (Lipinski definition) is 3. The molecule has 1 atom stereocenters. The molecule has 0 aromatic carbocycles. The van der Waals surface area contributed by atoms with E-state index in [4.69, 9.17) is 0 Å². The Hall–Kier alpha value is -2.11. The number of likely N-dealkylation sites (tertiary alicyclic amines) is 1. The maximum Gasteiger partial charge on any atom is 0.224 e. The third-order valence-corrected chi connectivity index (χ3v) is 5.79. The Kier molecular flexibility index (Phi) is 5.09. The smallest absolute Gasteiger partial charge is 0.224 e. The average Bonchev–Trinajstić information content (AvgIpc) is 3.03. The SMILES string of the molecule is Cc1cnc(CCC2CCCN2C(=O)CCn2cccn2)n1CC1CC1. The molecular weight excluding hydrogens is 326 g/mol. The van der Waals surface area contributed by atoms with Crippen molar-refractivity contribution in [2.24, 2.45) is 5.92 Å². The van der Waals surface area contributed by atoms with Crippen LogP contribution in [0.2, 0.25) is 0 Å². The van der Waals surface area contributed by atoms with Crippen molar-refractivity contribution in [3.05, 3.63) is 36.2 Å². The Bertz CT molecular complexity index is 731. The Balaban J connectivity index is 1.31. The molecule has 3 heterocycles. The predicted molar refractivity (Wildman–Crippen MR) is 99.6 cm³/mol. The van der Waals surface area contributed by atoms with Gasteiger partial charge in [0, 0.05) is 62.8 Å². The van der Waals surface area contributed by atoms with E-state index in [1.807, 2.05) is 23.1 Å². The van der Waals surface area contributed by atoms with E-state index >= 15 is 0 Å². The van der Waals surface area contributed by atoms with Crippen molar-refractivity contribution in [1.82, 2.24) is 24.2 Å². The summed E-state index contributed by atoms with van der Waals surface area (Å²) in [7, 11) is 0. The van der Waals surface area contributed by atoms with E-state index in [2.05, 4.69) is 26.5 Å². The first-order valence-electron chi connectivity index (χ1n) is 9.98. The van der Waals surface area contributed by atoms with Crippen LogP contribution in [0.25, 0.3) is 0 Å². The molecule has 1 unspecified atom stereocenters. The molecule has 2 fully saturated rings. The van der Waals surface area contributed by atoms with Crippen LogP contribution in [0, 0.1) is 12.8 Å². The predicted octanol–water partition coefficient (Wildman–Crippen LogP) is 2.81. The van der Waals surface area contributed by atoms with Crippen LogP contribution in [0.5, 0.6) is 0 Å². The molecule has 1 saturated carbocycles. The first-order valence-corrected chi connectivity index (χ1v) is 9.98. The minimum Gasteiger partial charge on any atom is -0.340 e. The van der Waals surface area contributed by atoms with Gasteiger partial charge < -0.3 is 9.47 Å². The second-order valence-corrected chi connectivity index (χ2v) is 7.81. The van der Waals surface area contributed by atoms with Crippen LogP contribution in [0.4, 0.5) is 0 Å². The van der Waals surface area contributed by atoms with Gasteiger partial charge in [-0.2, -0.15) is 5.10 Å². The lowest BCUT2D eigenvalue weighted by Crippen LogP contribution is -2.36. The molecule has 2 aliphatic rings. The third kappa shape index (κ3) is 4.00. The third-order valence-electron chi connectivity index (χ3n) is 5.79. The second kappa shape index (κ2) is 7.64. The van der Waals surface area contributed by atoms with E-state index in [0.717, 1.165) is 44.7 Å². The van der Waals surface area contributed by atoms with Gasteiger partial charge in [0.15, 0.2) is 0 Å². The maximum absolute atomic E-state index is 12.7. The van der Waals surface area contributed by atoms with Gasteiger partial charge in [-0.1, -0.05) is 0 Å². The number of imidazole rings is 1. The van der Waals surface area contributed by atoms with E-state index in [9.17, 15) is 4.79 Å². The van der Waals surface area contributed by atoms with Crippen LogP contribution in [0.15, 0.2) is 24.7 Å². The van der Waals surface area contributed by atoms with Gasteiger partial charge in [-0.05, 0) is 51.0 Å². The fourth-order valence-corrected chi connectivity index (χ4v) is 4.06. The van der Waals surface area contributed by atoms with Crippen molar-refractivity contribution in [1.29, 1.82) is 0 Å². The summed E-state index contributed by atoms with van der Waals surface area (Å²) >= 11 is 0. The molecule has 0 N–H and O–H groups in total. The normalized spacial score (nSPS) is 20.0. The molecule has 6 heteroatoms. The van der Waals surface area contributed by atoms with Crippen molar-refractivity contribution in [3.8, 4) is 0 Å². The molecule has 6 nitrogen and oxygen atoms in total. The van der Waals surface area contributed by atoms with Crippen LogP contribution in [-0.2, 0) is 24.3 Å². The van der Waals surface area contributed by atoms with Crippen LogP contribution in [0.1, 0.15) is 50.0 Å². The number of rotatable bonds is 8. The molecule has 1 saturated heterocycles. The van der Waals surface area contributed by atoms with Gasteiger partial charge in [-0.25, -0.2) is 4.98 Å². The highest BCUT2D eigenvalue weighted by Crippen LogP contribution is 2.32. The topological polar surface area (TPSA) is 56.0 Å². The number of hydrogen-bond donors (Lipinski definition) is 0. The Morgan fingerprint density at radius 1 is 1.31 bits per heavy atom. The van der Waals surface area contributed by atoms with E-state index in [1.54, 1.807) is 6.20 Å². The largest absolute Gasteiger partial charge is 0.340 e. The zero-order valence-corrected chi connectivity index (χ0v) is 15.7. The quantitative estimate of drug-likeness (QED) is 0.732. The summed E-state index contributed by atoms with van der Waals surface area (Å²) in [5, 5.41) is 4.19. The van der Waals surface area contributed by atoms with Crippen molar-refractivity contribution in [2.45, 2.75) is 71.0 Å². The molecule has 2 aromatic rings. The van der Waals surface area contributed by atoms with Gasteiger partial charge >= 0.3 is 0 Å². The first kappa shape index (κ1) is 17.3. The minimum atomic E-state index is 0.264. The lowest BCUT2D eigenvalue weighted by atomic mass is 10.1. The highest BCUT2D eigenvalue weighted by atomic mass is 16.2. The van der Waals surface area contributed by atoms with Crippen molar-refractivity contribution in [2.75, 3.05) is 6.54 Å². The number of carbonyl (C=O) groups is 1. The fraction of sp³-hybridized carbons (Fsp3) is 0.650. The molecule has 140 valence electrons. The summed E-state index contributed by atoms with van der Waals surface area (Å²) in [6.45, 7) is 4.84. The summed E-state index contributed by atoms with van der Waals surface area (Å²) in [6, 6.07) is 2.26. The zero-order valence-electron chi connectivity index (χ0n) is 15.7. The standard InChI is InChI=1S/C20H29N5O/c1-16-14-21-19(25(16)15-17-5-6-17)8-7-18-4-2-12-24(18)20(26)9-13-23-11-3-10-22-23/h3,10-11,14,17-18H,2,4-9,12-13,15H2,1H3. The highest BCUT2D eigenvalue weighted by molar-refractivity contribution is 5.76. The Morgan fingerprint density at radius 2 is 2.19 bits per heavy atom. The number of aromatic nitrogens is 4. The highest BCUT2D eigenvalue weighted by Gasteiger charge is 2.29. The first-order chi connectivity index (χ1) is 12.7. The van der Waals surface area contributed by atoms with E-state index in [0.29, 0.717) is 19.0 Å². The summed E-state index contributed by atoms with van der Waals surface area (Å²) in [4.78, 5) is 19.4. The van der Waals surface area contributed by atoms with Gasteiger partial charge in [0.25, 0.3) is 0 Å². The molecule has 0 spiro atoms. The Labute approximate surface area is 155 Å². The van der Waals surface area contributed by atoms with Gasteiger partial charge in [0.2, 0.25) is 5.91 Å². The molecule has 0 bridgehead atoms. The molecule has 26 heavy (non-hydrogen) atoms. The number of amides is 1. The molecule has 4 rings (SSSR count). The number of carbonyl (C=O) groups excluding carboxylic acids is 1. The Morgan fingerprint density at radius 3 is 2.96 bits per heavy atom. The minimum absolute atomic E-state index is 0.264. The van der Waals surface area contributed by atoms with Gasteiger partial charge in [0.05, 0.1) is 0 Å². The van der Waals surface area contributed by atoms with Crippen LogP contribution in [-0.4, -0.2) is 42.7 Å². The molecule has 1 aliphatic carbocycles. The summed E-state index contributed by atoms with van der Waals surface area (Å²) < 4.78 is 4.23. The average molecular weight is 355 g/mol. The van der Waals surface area contributed by atoms with Crippen molar-refractivity contribution >= 4 is 5.91 Å². The summed E-state index contributed by atoms with van der Waals surface area (Å²) in [5.74, 6) is 2.32. The van der Waals surface area contributed by atoms with Crippen LogP contribution in [0.3, 0.4) is 0 Å². The number of nitrogens with zero attached hydrogens (tertiary/aromatic N) is 5. The van der Waals surface area contributed by atoms with E-state index < -0.39 is 0 Å². The fourth-order valence-electron chi connectivity index (χ4n) is 4.06. The van der Waals surface area contributed by atoms with Crippen molar-refractivity contribution < 1.29 is 4.79 Å². The molecule has 1 aliphatic heterocycles. The second-order valence-electron chi connectivity index (χ2n) is 7.81. The van der Waals surface area contributed by atoms with Gasteiger partial charge in [-0.3, -0.25) is 9.48 Å². The van der Waals surface area contributed by atoms with Gasteiger partial charge in [0.1, 0.15) is 5.82 Å². The monoisotopic (exact) mass is 355 g/mol. The van der Waals surface area contributed by atoms with E-state index in [1.165, 1.54) is 24.4 Å². The molecule has 2 aromatic heterocycles. The van der Waals surface area contributed by atoms with Gasteiger partial charge in [-0.15, -0.1) is 0 Å². The molecule has 1 amide bonds. The maximum atomic E-state index is 12.7. The lowest BCUT2D eigenvalue weighted by Gasteiger charge is -2.25. The lowest BCUT2D eigenvalue weighted by molar-refractivity contribution is -0.132. The summed E-state index contributed by atoms with van der Waals surface area (Å²) in [6.07, 6.45) is 13.2. The van der Waals surface area contributed by atoms with Crippen molar-refractivity contribution in [3.63, 3.8) is 0 Å². The van der Waals surface area contributed by atoms with E-state index in [-0.39, 0.29) is 5.91 Å². The molecular formula is C20H29N5O. The number of aryl methyl sites for hydroxylation is 3. The van der Waals surface area contributed by atoms with Crippen LogP contribution >= 0.6 is 0 Å².